The number of aromatic nitrogens is 5. The molecule has 3 aromatic carbocycles. The van der Waals surface area contributed by atoms with Crippen molar-refractivity contribution in [3.05, 3.63) is 78.8 Å². The van der Waals surface area contributed by atoms with E-state index in [2.05, 4.69) is 91.7 Å². The number of fused-ring (bicyclic) bond motifs is 6. The summed E-state index contributed by atoms with van der Waals surface area (Å²) >= 11 is 0. The Balaban J connectivity index is 1.03. The van der Waals surface area contributed by atoms with Crippen LogP contribution in [0.4, 0.5) is 11.5 Å². The van der Waals surface area contributed by atoms with E-state index in [1.165, 1.54) is 25.1 Å². The average Bonchev–Trinajstić information content (AvgIpc) is 3.75. The SMILES string of the molecule is Cc1cc2c(cc1-c1ccc3[nH]ncc3c1)Oc1cc(-c3ccc4[nH]ncc4c3)cnc1N2CCCCN1CC2COCC(C2)C1. The van der Waals surface area contributed by atoms with Crippen LogP contribution in [0.2, 0.25) is 0 Å². The lowest BCUT2D eigenvalue weighted by molar-refractivity contribution is -0.0405. The Hall–Kier alpha value is -4.73. The van der Waals surface area contributed by atoms with Crippen LogP contribution in [0.3, 0.4) is 0 Å². The summed E-state index contributed by atoms with van der Waals surface area (Å²) in [5, 5.41) is 16.7. The van der Waals surface area contributed by atoms with E-state index in [9.17, 15) is 0 Å². The van der Waals surface area contributed by atoms with Gasteiger partial charge in [0, 0.05) is 42.2 Å². The number of aryl methyl sites for hydroxylation is 1. The molecule has 2 N–H and O–H groups in total. The van der Waals surface area contributed by atoms with Crippen molar-refractivity contribution in [2.45, 2.75) is 26.2 Å². The number of piperidine rings is 1. The van der Waals surface area contributed by atoms with E-state index in [1.807, 2.05) is 18.6 Å². The highest BCUT2D eigenvalue weighted by atomic mass is 16.5. The summed E-state index contributed by atoms with van der Waals surface area (Å²) in [4.78, 5) is 10.1. The normalized spacial score (nSPS) is 19.3. The maximum absolute atomic E-state index is 6.71. The molecule has 0 radical (unpaired) electrons. The number of hydrogen-bond donors (Lipinski definition) is 2. The van der Waals surface area contributed by atoms with Crippen molar-refractivity contribution in [1.29, 1.82) is 0 Å². The summed E-state index contributed by atoms with van der Waals surface area (Å²) in [6, 6.07) is 19.3. The minimum Gasteiger partial charge on any atom is -0.451 e. The predicted octanol–water partition coefficient (Wildman–Crippen LogP) is 7.47. The number of unbranched alkanes of at least 4 members (excludes halogenated alkanes) is 1. The zero-order valence-corrected chi connectivity index (χ0v) is 26.0. The van der Waals surface area contributed by atoms with Gasteiger partial charge in [0.15, 0.2) is 17.3 Å². The summed E-state index contributed by atoms with van der Waals surface area (Å²) in [5.74, 6) is 3.90. The first-order valence-electron chi connectivity index (χ1n) is 16.4. The van der Waals surface area contributed by atoms with Gasteiger partial charge in [0.1, 0.15) is 0 Å². The van der Waals surface area contributed by atoms with Crippen molar-refractivity contribution in [2.75, 3.05) is 44.3 Å². The lowest BCUT2D eigenvalue weighted by Gasteiger charge is -2.41. The van der Waals surface area contributed by atoms with Crippen LogP contribution in [0, 0.1) is 18.8 Å². The quantitative estimate of drug-likeness (QED) is 0.181. The van der Waals surface area contributed by atoms with Crippen molar-refractivity contribution in [3.63, 3.8) is 0 Å². The van der Waals surface area contributed by atoms with Gasteiger partial charge in [0.05, 0.1) is 42.3 Å². The van der Waals surface area contributed by atoms with Crippen molar-refractivity contribution in [2.24, 2.45) is 11.8 Å². The minimum atomic E-state index is 0.699. The molecule has 6 heterocycles. The van der Waals surface area contributed by atoms with Crippen molar-refractivity contribution in [3.8, 4) is 33.8 Å². The van der Waals surface area contributed by atoms with Crippen molar-refractivity contribution >= 4 is 33.3 Å². The van der Waals surface area contributed by atoms with E-state index in [1.54, 1.807) is 0 Å². The van der Waals surface area contributed by atoms with Crippen LogP contribution in [0.1, 0.15) is 24.8 Å². The van der Waals surface area contributed by atoms with Gasteiger partial charge in [0.25, 0.3) is 0 Å². The number of anilines is 2. The zero-order chi connectivity index (χ0) is 30.6. The Bertz CT molecular complexity index is 2050. The molecule has 3 aliphatic heterocycles. The van der Waals surface area contributed by atoms with Gasteiger partial charge in [-0.25, -0.2) is 4.98 Å². The number of H-pyrrole nitrogens is 2. The fourth-order valence-corrected chi connectivity index (χ4v) is 7.70. The second kappa shape index (κ2) is 11.3. The molecule has 9 nitrogen and oxygen atoms in total. The number of ether oxygens (including phenoxy) is 2. The first kappa shape index (κ1) is 27.6. The molecule has 2 fully saturated rings. The van der Waals surface area contributed by atoms with Gasteiger partial charge >= 0.3 is 0 Å². The standard InChI is InChI=1S/C37H37N7O2/c1-23-10-34-35(15-31(23)27-5-7-33-30(13-27)18-40-42-33)46-36-14-28(26-4-6-32-29(12-26)17-39-41-32)16-38-37(36)44(34)9-3-2-8-43-19-24-11-25(20-43)22-45-21-24/h4-7,10,12-18,24-25H,2-3,8-9,11,19-22H2,1H3,(H,39,41)(H,40,42). The molecule has 46 heavy (non-hydrogen) atoms. The van der Waals surface area contributed by atoms with Gasteiger partial charge in [0.2, 0.25) is 0 Å². The van der Waals surface area contributed by atoms with E-state index in [-0.39, 0.29) is 0 Å². The molecule has 2 atom stereocenters. The van der Waals surface area contributed by atoms with Gasteiger partial charge < -0.3 is 19.3 Å². The number of rotatable bonds is 7. The number of benzene rings is 3. The molecule has 0 aliphatic carbocycles. The van der Waals surface area contributed by atoms with E-state index < -0.39 is 0 Å². The highest BCUT2D eigenvalue weighted by Gasteiger charge is 2.31. The van der Waals surface area contributed by atoms with Crippen LogP contribution in [-0.4, -0.2) is 69.7 Å². The molecule has 9 rings (SSSR count). The van der Waals surface area contributed by atoms with E-state index in [0.29, 0.717) is 11.8 Å². The van der Waals surface area contributed by atoms with Crippen LogP contribution in [0.25, 0.3) is 44.1 Å². The lowest BCUT2D eigenvalue weighted by Crippen LogP contribution is -2.46. The number of nitrogens with one attached hydrogen (secondary N) is 2. The Kier molecular flexibility index (Phi) is 6.75. The fourth-order valence-electron chi connectivity index (χ4n) is 7.70. The first-order chi connectivity index (χ1) is 22.6. The maximum atomic E-state index is 6.71. The number of pyridine rings is 1. The van der Waals surface area contributed by atoms with Crippen LogP contribution < -0.4 is 9.64 Å². The van der Waals surface area contributed by atoms with Crippen molar-refractivity contribution < 1.29 is 9.47 Å². The molecule has 0 saturated carbocycles. The molecule has 2 saturated heterocycles. The molecule has 232 valence electrons. The second-order valence-corrected chi connectivity index (χ2v) is 13.3. The molecule has 2 bridgehead atoms. The third-order valence-electron chi connectivity index (χ3n) is 9.94. The van der Waals surface area contributed by atoms with Crippen LogP contribution in [-0.2, 0) is 4.74 Å². The highest BCUT2D eigenvalue weighted by molar-refractivity contribution is 5.88. The monoisotopic (exact) mass is 611 g/mol. The predicted molar refractivity (Wildman–Crippen MR) is 181 cm³/mol. The minimum absolute atomic E-state index is 0.699. The van der Waals surface area contributed by atoms with Gasteiger partial charge in [-0.1, -0.05) is 12.1 Å². The topological polar surface area (TPSA) is 95.2 Å². The Morgan fingerprint density at radius 2 is 1.48 bits per heavy atom. The van der Waals surface area contributed by atoms with Gasteiger partial charge in [-0.3, -0.25) is 10.2 Å². The average molecular weight is 612 g/mol. The summed E-state index contributed by atoms with van der Waals surface area (Å²) < 4.78 is 12.5. The van der Waals surface area contributed by atoms with E-state index >= 15 is 0 Å². The molecular weight excluding hydrogens is 574 g/mol. The lowest BCUT2D eigenvalue weighted by atomic mass is 9.88. The van der Waals surface area contributed by atoms with Crippen LogP contribution >= 0.6 is 0 Å². The van der Waals surface area contributed by atoms with Crippen LogP contribution in [0.5, 0.6) is 11.5 Å². The molecule has 0 amide bonds. The molecule has 9 heteroatoms. The molecule has 2 unspecified atom stereocenters. The van der Waals surface area contributed by atoms with Crippen molar-refractivity contribution in [1.82, 2.24) is 30.3 Å². The maximum Gasteiger partial charge on any atom is 0.176 e. The van der Waals surface area contributed by atoms with E-state index in [4.69, 9.17) is 14.5 Å². The Morgan fingerprint density at radius 3 is 2.26 bits per heavy atom. The molecule has 0 spiro atoms. The number of nitrogens with zero attached hydrogens (tertiary/aromatic N) is 5. The van der Waals surface area contributed by atoms with Gasteiger partial charge in [-0.15, -0.1) is 0 Å². The first-order valence-corrected chi connectivity index (χ1v) is 16.4. The third kappa shape index (κ3) is 5.00. The molecule has 3 aromatic heterocycles. The largest absolute Gasteiger partial charge is 0.451 e. The molecule has 3 aliphatic rings. The smallest absolute Gasteiger partial charge is 0.176 e. The van der Waals surface area contributed by atoms with Crippen LogP contribution in [0.15, 0.2) is 73.2 Å². The third-order valence-corrected chi connectivity index (χ3v) is 9.94. The van der Waals surface area contributed by atoms with Gasteiger partial charge in [-0.2, -0.15) is 10.2 Å². The Morgan fingerprint density at radius 1 is 0.761 bits per heavy atom. The summed E-state index contributed by atoms with van der Waals surface area (Å²) in [7, 11) is 0. The number of likely N-dealkylation sites (tertiary alicyclic amines) is 1. The molecular formula is C37H37N7O2. The second-order valence-electron chi connectivity index (χ2n) is 13.3. The summed E-state index contributed by atoms with van der Waals surface area (Å²) in [5.41, 5.74) is 8.72. The highest BCUT2D eigenvalue weighted by Crippen LogP contribution is 2.49. The fraction of sp³-hybridized carbons (Fsp3) is 0.324. The summed E-state index contributed by atoms with van der Waals surface area (Å²) in [6.07, 6.45) is 9.25. The Labute approximate surface area is 267 Å². The summed E-state index contributed by atoms with van der Waals surface area (Å²) in [6.45, 7) is 8.38. The zero-order valence-electron chi connectivity index (χ0n) is 26.0. The molecule has 6 aromatic rings. The van der Waals surface area contributed by atoms with Gasteiger partial charge in [-0.05, 0) is 109 Å². The van der Waals surface area contributed by atoms with E-state index in [0.717, 1.165) is 106 Å². The number of hydrogen-bond acceptors (Lipinski definition) is 7. The number of aromatic amines is 2.